The second-order valence-electron chi connectivity index (χ2n) is 5.60. The summed E-state index contributed by atoms with van der Waals surface area (Å²) in [4.78, 5) is 28.9. The molecule has 1 saturated heterocycles. The van der Waals surface area contributed by atoms with Crippen LogP contribution in [-0.2, 0) is 22.6 Å². The fraction of sp³-hybridized carbons (Fsp3) is 0.600. The predicted octanol–water partition coefficient (Wildman–Crippen LogP) is 1.69. The standard InChI is InChI=1S/C15H20N2O2S/c18-11-13-3-1-2-6-16(13)10-15(19)17-7-4-14-12(9-17)5-8-20-14/h5,8,11,13H,1-4,6-7,9-10H2. The molecule has 0 spiro atoms. The first kappa shape index (κ1) is 13.8. The van der Waals surface area contributed by atoms with E-state index in [0.29, 0.717) is 6.54 Å². The van der Waals surface area contributed by atoms with Crippen molar-refractivity contribution in [3.8, 4) is 0 Å². The molecule has 0 radical (unpaired) electrons. The molecule has 0 N–H and O–H groups in total. The van der Waals surface area contributed by atoms with Gasteiger partial charge in [-0.25, -0.2) is 0 Å². The van der Waals surface area contributed by atoms with Crippen LogP contribution in [-0.4, -0.2) is 47.7 Å². The predicted molar refractivity (Wildman–Crippen MR) is 78.7 cm³/mol. The van der Waals surface area contributed by atoms with E-state index in [9.17, 15) is 9.59 Å². The van der Waals surface area contributed by atoms with Crippen molar-refractivity contribution in [2.75, 3.05) is 19.6 Å². The average Bonchev–Trinajstić information content (AvgIpc) is 2.95. The quantitative estimate of drug-likeness (QED) is 0.796. The van der Waals surface area contributed by atoms with E-state index in [2.05, 4.69) is 11.4 Å². The van der Waals surface area contributed by atoms with Crippen LogP contribution < -0.4 is 0 Å². The van der Waals surface area contributed by atoms with Crippen molar-refractivity contribution in [3.05, 3.63) is 21.9 Å². The number of aldehydes is 1. The van der Waals surface area contributed by atoms with Gasteiger partial charge in [0.15, 0.2) is 0 Å². The summed E-state index contributed by atoms with van der Waals surface area (Å²) >= 11 is 1.78. The van der Waals surface area contributed by atoms with E-state index in [4.69, 9.17) is 0 Å². The van der Waals surface area contributed by atoms with Crippen LogP contribution in [0, 0.1) is 0 Å². The number of hydrogen-bond acceptors (Lipinski definition) is 4. The minimum absolute atomic E-state index is 0.0609. The van der Waals surface area contributed by atoms with Gasteiger partial charge in [0.1, 0.15) is 6.29 Å². The SMILES string of the molecule is O=CC1CCCCN1CC(=O)N1CCc2sccc2C1. The van der Waals surface area contributed by atoms with Gasteiger partial charge in [0.2, 0.25) is 5.91 Å². The first-order valence-corrected chi connectivity index (χ1v) is 8.18. The highest BCUT2D eigenvalue weighted by molar-refractivity contribution is 7.10. The summed E-state index contributed by atoms with van der Waals surface area (Å²) in [5.74, 6) is 0.163. The molecule has 3 rings (SSSR count). The molecule has 2 aliphatic heterocycles. The summed E-state index contributed by atoms with van der Waals surface area (Å²) in [7, 11) is 0. The van der Waals surface area contributed by atoms with Crippen LogP contribution in [0.3, 0.4) is 0 Å². The maximum absolute atomic E-state index is 12.4. The molecular formula is C15H20N2O2S. The number of thiophene rings is 1. The number of nitrogens with zero attached hydrogens (tertiary/aromatic N) is 2. The minimum Gasteiger partial charge on any atom is -0.337 e. The summed E-state index contributed by atoms with van der Waals surface area (Å²) < 4.78 is 0. The summed E-state index contributed by atoms with van der Waals surface area (Å²) in [5, 5.41) is 2.10. The number of hydrogen-bond donors (Lipinski definition) is 0. The van der Waals surface area contributed by atoms with E-state index in [1.807, 2.05) is 9.80 Å². The van der Waals surface area contributed by atoms with Gasteiger partial charge in [0, 0.05) is 18.0 Å². The Labute approximate surface area is 123 Å². The van der Waals surface area contributed by atoms with Gasteiger partial charge in [-0.05, 0) is 42.8 Å². The van der Waals surface area contributed by atoms with Crippen molar-refractivity contribution in [1.29, 1.82) is 0 Å². The molecule has 0 saturated carbocycles. The maximum Gasteiger partial charge on any atom is 0.237 e. The number of likely N-dealkylation sites (tertiary alicyclic amines) is 1. The molecule has 0 aromatic carbocycles. The van der Waals surface area contributed by atoms with E-state index in [-0.39, 0.29) is 11.9 Å². The molecule has 0 aliphatic carbocycles. The number of piperidine rings is 1. The lowest BCUT2D eigenvalue weighted by molar-refractivity contribution is -0.134. The minimum atomic E-state index is -0.0609. The van der Waals surface area contributed by atoms with Gasteiger partial charge in [0.05, 0.1) is 12.6 Å². The van der Waals surface area contributed by atoms with E-state index in [0.717, 1.165) is 51.6 Å². The molecule has 1 unspecified atom stereocenters. The Bertz CT molecular complexity index is 500. The number of amides is 1. The van der Waals surface area contributed by atoms with Gasteiger partial charge in [0.25, 0.3) is 0 Å². The zero-order chi connectivity index (χ0) is 13.9. The van der Waals surface area contributed by atoms with Crippen molar-refractivity contribution in [3.63, 3.8) is 0 Å². The molecule has 1 amide bonds. The third-order valence-corrected chi connectivity index (χ3v) is 5.34. The summed E-state index contributed by atoms with van der Waals surface area (Å²) in [6.45, 7) is 2.80. The average molecular weight is 292 g/mol. The topological polar surface area (TPSA) is 40.6 Å². The van der Waals surface area contributed by atoms with Crippen LogP contribution in [0.1, 0.15) is 29.7 Å². The molecule has 5 heteroatoms. The lowest BCUT2D eigenvalue weighted by atomic mass is 10.0. The highest BCUT2D eigenvalue weighted by atomic mass is 32.1. The molecule has 4 nitrogen and oxygen atoms in total. The Hall–Kier alpha value is -1.20. The number of rotatable bonds is 3. The summed E-state index contributed by atoms with van der Waals surface area (Å²) in [6.07, 6.45) is 5.04. The Balaban J connectivity index is 1.61. The molecule has 108 valence electrons. The zero-order valence-corrected chi connectivity index (χ0v) is 12.4. The molecule has 0 bridgehead atoms. The zero-order valence-electron chi connectivity index (χ0n) is 11.6. The number of fused-ring (bicyclic) bond motifs is 1. The van der Waals surface area contributed by atoms with Gasteiger partial charge in [-0.2, -0.15) is 0 Å². The van der Waals surface area contributed by atoms with Gasteiger partial charge in [-0.15, -0.1) is 11.3 Å². The van der Waals surface area contributed by atoms with Crippen LogP contribution in [0.25, 0.3) is 0 Å². The second-order valence-corrected chi connectivity index (χ2v) is 6.60. The van der Waals surface area contributed by atoms with Crippen molar-refractivity contribution in [1.82, 2.24) is 9.80 Å². The van der Waals surface area contributed by atoms with Crippen molar-refractivity contribution in [2.24, 2.45) is 0 Å². The van der Waals surface area contributed by atoms with Crippen molar-refractivity contribution < 1.29 is 9.59 Å². The lowest BCUT2D eigenvalue weighted by Crippen LogP contribution is -2.48. The highest BCUT2D eigenvalue weighted by Crippen LogP contribution is 2.24. The van der Waals surface area contributed by atoms with E-state index < -0.39 is 0 Å². The molecule has 2 aliphatic rings. The number of carbonyl (C=O) groups is 2. The lowest BCUT2D eigenvalue weighted by Gasteiger charge is -2.34. The molecule has 1 aromatic heterocycles. The van der Waals surface area contributed by atoms with Crippen LogP contribution >= 0.6 is 11.3 Å². The molecule has 1 atom stereocenters. The van der Waals surface area contributed by atoms with Crippen molar-refractivity contribution in [2.45, 2.75) is 38.3 Å². The van der Waals surface area contributed by atoms with Gasteiger partial charge in [-0.3, -0.25) is 9.69 Å². The van der Waals surface area contributed by atoms with E-state index >= 15 is 0 Å². The van der Waals surface area contributed by atoms with Crippen LogP contribution in [0.5, 0.6) is 0 Å². The third kappa shape index (κ3) is 2.79. The maximum atomic E-state index is 12.4. The Morgan fingerprint density at radius 2 is 2.30 bits per heavy atom. The van der Waals surface area contributed by atoms with E-state index in [1.165, 1.54) is 10.4 Å². The summed E-state index contributed by atoms with van der Waals surface area (Å²) in [5.41, 5.74) is 1.29. The normalized spacial score (nSPS) is 23.4. The first-order chi connectivity index (χ1) is 9.78. The monoisotopic (exact) mass is 292 g/mol. The largest absolute Gasteiger partial charge is 0.337 e. The van der Waals surface area contributed by atoms with Crippen LogP contribution in [0.2, 0.25) is 0 Å². The molecule has 3 heterocycles. The first-order valence-electron chi connectivity index (χ1n) is 7.30. The summed E-state index contributed by atoms with van der Waals surface area (Å²) in [6, 6.07) is 2.06. The van der Waals surface area contributed by atoms with Crippen molar-refractivity contribution >= 4 is 23.5 Å². The Morgan fingerprint density at radius 1 is 1.40 bits per heavy atom. The number of carbonyl (C=O) groups excluding carboxylic acids is 2. The smallest absolute Gasteiger partial charge is 0.237 e. The molecule has 1 fully saturated rings. The fourth-order valence-corrected chi connectivity index (χ4v) is 3.99. The molecular weight excluding hydrogens is 272 g/mol. The Kier molecular flexibility index (Phi) is 4.17. The highest BCUT2D eigenvalue weighted by Gasteiger charge is 2.27. The van der Waals surface area contributed by atoms with Crippen LogP contribution in [0.15, 0.2) is 11.4 Å². The third-order valence-electron chi connectivity index (χ3n) is 4.32. The second kappa shape index (κ2) is 6.06. The Morgan fingerprint density at radius 3 is 3.15 bits per heavy atom. The molecule has 20 heavy (non-hydrogen) atoms. The van der Waals surface area contributed by atoms with Gasteiger partial charge >= 0.3 is 0 Å². The molecule has 1 aromatic rings. The van der Waals surface area contributed by atoms with Gasteiger partial charge < -0.3 is 9.69 Å². The van der Waals surface area contributed by atoms with Gasteiger partial charge in [-0.1, -0.05) is 6.42 Å². The fourth-order valence-electron chi connectivity index (χ4n) is 3.10. The van der Waals surface area contributed by atoms with Crippen LogP contribution in [0.4, 0.5) is 0 Å². The van der Waals surface area contributed by atoms with E-state index in [1.54, 1.807) is 11.3 Å².